The van der Waals surface area contributed by atoms with E-state index in [-0.39, 0.29) is 0 Å². The Morgan fingerprint density at radius 2 is 2.07 bits per heavy atom. The van der Waals surface area contributed by atoms with Crippen LogP contribution in [0, 0.1) is 5.92 Å². The number of aryl methyl sites for hydroxylation is 1. The molecule has 1 unspecified atom stereocenters. The van der Waals surface area contributed by atoms with Crippen LogP contribution in [0.2, 0.25) is 0 Å². The molecule has 0 N–H and O–H groups in total. The van der Waals surface area contributed by atoms with Crippen molar-refractivity contribution in [2.75, 3.05) is 0 Å². The third kappa shape index (κ3) is 3.67. The Kier molecular flexibility index (Phi) is 4.95. The highest BCUT2D eigenvalue weighted by Crippen LogP contribution is 2.21. The van der Waals surface area contributed by atoms with Crippen molar-refractivity contribution >= 4 is 11.3 Å². The van der Waals surface area contributed by atoms with Gasteiger partial charge in [-0.25, -0.2) is 0 Å². The van der Waals surface area contributed by atoms with Gasteiger partial charge in [-0.3, -0.25) is 0 Å². The molecule has 0 aliphatic heterocycles. The Morgan fingerprint density at radius 1 is 1.36 bits per heavy atom. The van der Waals surface area contributed by atoms with Crippen molar-refractivity contribution in [3.63, 3.8) is 0 Å². The van der Waals surface area contributed by atoms with E-state index in [4.69, 9.17) is 0 Å². The number of hydrogen-bond acceptors (Lipinski definition) is 1. The van der Waals surface area contributed by atoms with E-state index in [1.807, 2.05) is 11.3 Å². The van der Waals surface area contributed by atoms with Crippen molar-refractivity contribution in [2.24, 2.45) is 5.92 Å². The Morgan fingerprint density at radius 3 is 2.71 bits per heavy atom. The largest absolute Gasteiger partial charge is 0.145 e. The predicted octanol–water partition coefficient (Wildman–Crippen LogP) is 4.46. The lowest BCUT2D eigenvalue weighted by Crippen LogP contribution is -1.92. The summed E-state index contributed by atoms with van der Waals surface area (Å²) >= 11 is 1.98. The second-order valence-electron chi connectivity index (χ2n) is 3.83. The van der Waals surface area contributed by atoms with Gasteiger partial charge < -0.3 is 0 Å². The van der Waals surface area contributed by atoms with E-state index in [1.54, 1.807) is 0 Å². The first-order valence-corrected chi connectivity index (χ1v) is 6.28. The highest BCUT2D eigenvalue weighted by molar-refractivity contribution is 7.11. The average molecular weight is 208 g/mol. The molecule has 14 heavy (non-hydrogen) atoms. The lowest BCUT2D eigenvalue weighted by atomic mass is 10.1. The molecule has 0 aliphatic carbocycles. The molecule has 0 aliphatic rings. The maximum atomic E-state index is 2.29. The van der Waals surface area contributed by atoms with E-state index < -0.39 is 0 Å². The van der Waals surface area contributed by atoms with Gasteiger partial charge in [-0.2, -0.15) is 0 Å². The van der Waals surface area contributed by atoms with Gasteiger partial charge in [0.15, 0.2) is 0 Å². The van der Waals surface area contributed by atoms with Crippen LogP contribution in [0.5, 0.6) is 0 Å². The molecule has 1 aromatic rings. The van der Waals surface area contributed by atoms with Gasteiger partial charge in [0, 0.05) is 9.75 Å². The molecule has 0 saturated heterocycles. The molecule has 0 saturated carbocycles. The first-order valence-electron chi connectivity index (χ1n) is 5.46. The zero-order chi connectivity index (χ0) is 10.4. The van der Waals surface area contributed by atoms with E-state index in [0.29, 0.717) is 5.92 Å². The van der Waals surface area contributed by atoms with Crippen LogP contribution < -0.4 is 0 Å². The molecule has 78 valence electrons. The summed E-state index contributed by atoms with van der Waals surface area (Å²) in [6, 6.07) is 4.57. The van der Waals surface area contributed by atoms with Gasteiger partial charge in [0.25, 0.3) is 0 Å². The fourth-order valence-electron chi connectivity index (χ4n) is 1.63. The van der Waals surface area contributed by atoms with Crippen molar-refractivity contribution in [1.29, 1.82) is 0 Å². The Labute approximate surface area is 91.7 Å². The van der Waals surface area contributed by atoms with Crippen molar-refractivity contribution in [2.45, 2.75) is 40.0 Å². The first kappa shape index (κ1) is 11.5. The lowest BCUT2D eigenvalue weighted by molar-refractivity contribution is 0.731. The number of allylic oxidation sites excluding steroid dienone is 2. The van der Waals surface area contributed by atoms with Crippen LogP contribution in [0.4, 0.5) is 0 Å². The summed E-state index contributed by atoms with van der Waals surface area (Å²) < 4.78 is 0. The Balaban J connectivity index is 2.50. The molecular formula is C13H20S. The SMILES string of the molecule is C/C=C\C(C)Cc1ccc(CCC)s1. The molecule has 1 heterocycles. The topological polar surface area (TPSA) is 0 Å². The van der Waals surface area contributed by atoms with Crippen LogP contribution in [-0.4, -0.2) is 0 Å². The van der Waals surface area contributed by atoms with Crippen LogP contribution >= 0.6 is 11.3 Å². The first-order chi connectivity index (χ1) is 6.76. The molecule has 1 atom stereocenters. The summed E-state index contributed by atoms with van der Waals surface area (Å²) in [5.41, 5.74) is 0. The maximum Gasteiger partial charge on any atom is 0.00539 e. The van der Waals surface area contributed by atoms with Crippen LogP contribution in [0.15, 0.2) is 24.3 Å². The number of hydrogen-bond donors (Lipinski definition) is 0. The molecule has 0 radical (unpaired) electrons. The minimum atomic E-state index is 0.674. The van der Waals surface area contributed by atoms with Crippen molar-refractivity contribution < 1.29 is 0 Å². The van der Waals surface area contributed by atoms with Crippen LogP contribution in [0.25, 0.3) is 0 Å². The summed E-state index contributed by atoms with van der Waals surface area (Å²) in [5.74, 6) is 0.674. The normalized spacial score (nSPS) is 13.6. The van der Waals surface area contributed by atoms with Crippen molar-refractivity contribution in [3.05, 3.63) is 34.0 Å². The molecule has 0 bridgehead atoms. The standard InChI is InChI=1S/C13H20S/c1-4-6-11(3)10-13-9-8-12(14-13)7-5-2/h4,6,8-9,11H,5,7,10H2,1-3H3/b6-4-. The summed E-state index contributed by atoms with van der Waals surface area (Å²) in [6.07, 6.45) is 8.11. The maximum absolute atomic E-state index is 2.29. The fraction of sp³-hybridized carbons (Fsp3) is 0.538. The van der Waals surface area contributed by atoms with Gasteiger partial charge in [-0.15, -0.1) is 11.3 Å². The molecule has 0 spiro atoms. The van der Waals surface area contributed by atoms with Gasteiger partial charge in [-0.05, 0) is 37.8 Å². The zero-order valence-electron chi connectivity index (χ0n) is 9.42. The zero-order valence-corrected chi connectivity index (χ0v) is 10.2. The van der Waals surface area contributed by atoms with E-state index in [9.17, 15) is 0 Å². The summed E-state index contributed by atoms with van der Waals surface area (Å²) in [5, 5.41) is 0. The highest BCUT2D eigenvalue weighted by Gasteiger charge is 2.02. The molecular weight excluding hydrogens is 188 g/mol. The van der Waals surface area contributed by atoms with Crippen LogP contribution in [-0.2, 0) is 12.8 Å². The van der Waals surface area contributed by atoms with Gasteiger partial charge in [0.05, 0.1) is 0 Å². The van der Waals surface area contributed by atoms with E-state index in [1.165, 1.54) is 29.0 Å². The molecule has 1 aromatic heterocycles. The lowest BCUT2D eigenvalue weighted by Gasteiger charge is -2.02. The highest BCUT2D eigenvalue weighted by atomic mass is 32.1. The molecule has 1 rings (SSSR count). The second-order valence-corrected chi connectivity index (χ2v) is 5.08. The smallest absolute Gasteiger partial charge is 0.00539 e. The predicted molar refractivity (Wildman–Crippen MR) is 66.0 cm³/mol. The summed E-state index contributed by atoms with van der Waals surface area (Å²) in [7, 11) is 0. The van der Waals surface area contributed by atoms with Crippen LogP contribution in [0.1, 0.15) is 36.9 Å². The molecule has 0 fully saturated rings. The average Bonchev–Trinajstić information content (AvgIpc) is 2.53. The molecule has 0 amide bonds. The number of thiophene rings is 1. The molecule has 0 nitrogen and oxygen atoms in total. The number of rotatable bonds is 5. The van der Waals surface area contributed by atoms with Gasteiger partial charge >= 0.3 is 0 Å². The Bertz CT molecular complexity index is 283. The Hall–Kier alpha value is -0.560. The van der Waals surface area contributed by atoms with E-state index >= 15 is 0 Å². The van der Waals surface area contributed by atoms with Gasteiger partial charge in [0.1, 0.15) is 0 Å². The molecule has 0 aromatic carbocycles. The molecule has 1 heteroatoms. The summed E-state index contributed by atoms with van der Waals surface area (Å²) in [6.45, 7) is 6.61. The quantitative estimate of drug-likeness (QED) is 0.627. The van der Waals surface area contributed by atoms with Crippen molar-refractivity contribution in [3.8, 4) is 0 Å². The van der Waals surface area contributed by atoms with Gasteiger partial charge in [0.2, 0.25) is 0 Å². The third-order valence-electron chi connectivity index (χ3n) is 2.26. The summed E-state index contributed by atoms with van der Waals surface area (Å²) in [4.78, 5) is 3.06. The van der Waals surface area contributed by atoms with Crippen molar-refractivity contribution in [1.82, 2.24) is 0 Å². The minimum Gasteiger partial charge on any atom is -0.145 e. The van der Waals surface area contributed by atoms with E-state index in [0.717, 1.165) is 0 Å². The van der Waals surface area contributed by atoms with Crippen LogP contribution in [0.3, 0.4) is 0 Å². The minimum absolute atomic E-state index is 0.674. The second kappa shape index (κ2) is 6.02. The van der Waals surface area contributed by atoms with E-state index in [2.05, 4.69) is 45.1 Å². The third-order valence-corrected chi connectivity index (χ3v) is 3.43. The monoisotopic (exact) mass is 208 g/mol. The fourth-order valence-corrected chi connectivity index (χ4v) is 2.89. The van der Waals surface area contributed by atoms with Gasteiger partial charge in [-0.1, -0.05) is 32.4 Å².